The minimum atomic E-state index is 0. The molecule has 0 atom stereocenters. The van der Waals surface area contributed by atoms with Crippen molar-refractivity contribution >= 4 is 41.3 Å². The number of halogens is 1. The van der Waals surface area contributed by atoms with Crippen molar-refractivity contribution < 1.29 is 4.74 Å². The number of thiazole rings is 1. The highest BCUT2D eigenvalue weighted by Gasteiger charge is 2.02. The number of rotatable bonds is 6. The zero-order valence-corrected chi connectivity index (χ0v) is 16.8. The van der Waals surface area contributed by atoms with Gasteiger partial charge in [-0.15, -0.1) is 35.3 Å². The van der Waals surface area contributed by atoms with Crippen molar-refractivity contribution in [3.63, 3.8) is 0 Å². The maximum absolute atomic E-state index is 5.11. The first-order valence-corrected chi connectivity index (χ1v) is 7.95. The fraction of sp³-hybridized carbons (Fsp3) is 0.375. The fourth-order valence-corrected chi connectivity index (χ4v) is 2.70. The van der Waals surface area contributed by atoms with E-state index in [4.69, 9.17) is 4.74 Å². The SMILES string of the molecule is CN=C(NCc1ccc(COC)cc1)NCc1ncc(C)s1.I. The van der Waals surface area contributed by atoms with Gasteiger partial charge in [0.2, 0.25) is 0 Å². The van der Waals surface area contributed by atoms with E-state index < -0.39 is 0 Å². The third-order valence-corrected chi connectivity index (χ3v) is 4.01. The second kappa shape index (κ2) is 10.6. The Balaban J connectivity index is 0.00000264. The van der Waals surface area contributed by atoms with E-state index in [9.17, 15) is 0 Å². The fourth-order valence-electron chi connectivity index (χ4n) is 1.97. The Kier molecular flexibility index (Phi) is 9.12. The highest BCUT2D eigenvalue weighted by atomic mass is 127. The molecule has 0 bridgehead atoms. The van der Waals surface area contributed by atoms with Gasteiger partial charge in [-0.2, -0.15) is 0 Å². The van der Waals surface area contributed by atoms with Gasteiger partial charge in [-0.3, -0.25) is 4.99 Å². The first-order valence-electron chi connectivity index (χ1n) is 7.14. The van der Waals surface area contributed by atoms with E-state index in [2.05, 4.69) is 51.8 Å². The smallest absolute Gasteiger partial charge is 0.191 e. The molecule has 0 unspecified atom stereocenters. The number of ether oxygens (including phenoxy) is 1. The number of aliphatic imine (C=N–C) groups is 1. The summed E-state index contributed by atoms with van der Waals surface area (Å²) in [6, 6.07) is 8.35. The van der Waals surface area contributed by atoms with Crippen molar-refractivity contribution in [1.82, 2.24) is 15.6 Å². The summed E-state index contributed by atoms with van der Waals surface area (Å²) in [5.74, 6) is 0.772. The van der Waals surface area contributed by atoms with Crippen LogP contribution in [0.25, 0.3) is 0 Å². The van der Waals surface area contributed by atoms with E-state index in [1.165, 1.54) is 16.0 Å². The van der Waals surface area contributed by atoms with Crippen molar-refractivity contribution in [2.45, 2.75) is 26.6 Å². The molecule has 0 spiro atoms. The highest BCUT2D eigenvalue weighted by molar-refractivity contribution is 14.0. The minimum absolute atomic E-state index is 0. The molecule has 5 nitrogen and oxygen atoms in total. The number of hydrogen-bond acceptors (Lipinski definition) is 4. The van der Waals surface area contributed by atoms with E-state index in [0.717, 1.165) is 17.5 Å². The topological polar surface area (TPSA) is 58.5 Å². The second-order valence-electron chi connectivity index (χ2n) is 4.89. The van der Waals surface area contributed by atoms with Gasteiger partial charge in [-0.05, 0) is 18.1 Å². The van der Waals surface area contributed by atoms with Gasteiger partial charge in [0.1, 0.15) is 5.01 Å². The molecule has 2 aromatic rings. The Hall–Kier alpha value is -1.19. The molecule has 126 valence electrons. The zero-order chi connectivity index (χ0) is 15.8. The van der Waals surface area contributed by atoms with Gasteiger partial charge >= 0.3 is 0 Å². The lowest BCUT2D eigenvalue weighted by Crippen LogP contribution is -2.36. The number of aromatic nitrogens is 1. The second-order valence-corrected chi connectivity index (χ2v) is 6.21. The summed E-state index contributed by atoms with van der Waals surface area (Å²) >= 11 is 1.69. The molecule has 0 saturated carbocycles. The van der Waals surface area contributed by atoms with E-state index >= 15 is 0 Å². The molecule has 0 fully saturated rings. The molecule has 2 N–H and O–H groups in total. The van der Waals surface area contributed by atoms with Gasteiger partial charge in [0.05, 0.1) is 13.2 Å². The first kappa shape index (κ1) is 19.9. The van der Waals surface area contributed by atoms with Gasteiger partial charge in [0.15, 0.2) is 5.96 Å². The van der Waals surface area contributed by atoms with Crippen molar-refractivity contribution in [3.8, 4) is 0 Å². The van der Waals surface area contributed by atoms with Crippen LogP contribution in [0.4, 0.5) is 0 Å². The minimum Gasteiger partial charge on any atom is -0.380 e. The Morgan fingerprint density at radius 2 is 1.83 bits per heavy atom. The van der Waals surface area contributed by atoms with E-state index in [1.807, 2.05) is 6.20 Å². The van der Waals surface area contributed by atoms with Gasteiger partial charge in [-0.1, -0.05) is 24.3 Å². The number of methoxy groups -OCH3 is 1. The lowest BCUT2D eigenvalue weighted by molar-refractivity contribution is 0.185. The number of nitrogens with one attached hydrogen (secondary N) is 2. The molecule has 0 saturated heterocycles. The van der Waals surface area contributed by atoms with E-state index in [0.29, 0.717) is 13.2 Å². The summed E-state index contributed by atoms with van der Waals surface area (Å²) in [6.45, 7) is 4.11. The highest BCUT2D eigenvalue weighted by Crippen LogP contribution is 2.10. The molecule has 0 amide bonds. The van der Waals surface area contributed by atoms with Crippen LogP contribution >= 0.6 is 35.3 Å². The number of guanidine groups is 1. The maximum atomic E-state index is 5.11. The molecule has 1 heterocycles. The van der Waals surface area contributed by atoms with Crippen molar-refractivity contribution in [2.24, 2.45) is 4.99 Å². The average Bonchev–Trinajstić information content (AvgIpc) is 2.95. The standard InChI is InChI=1S/C16H22N4OS.HI/c1-12-8-18-15(22-12)10-20-16(17-2)19-9-13-4-6-14(7-5-13)11-21-3;/h4-8H,9-11H2,1-3H3,(H2,17,19,20);1H. The number of aryl methyl sites for hydroxylation is 1. The average molecular weight is 446 g/mol. The van der Waals surface area contributed by atoms with Crippen LogP contribution in [0.3, 0.4) is 0 Å². The van der Waals surface area contributed by atoms with Crippen molar-refractivity contribution in [3.05, 3.63) is 51.5 Å². The van der Waals surface area contributed by atoms with Crippen LogP contribution in [0.1, 0.15) is 21.0 Å². The van der Waals surface area contributed by atoms with E-state index in [1.54, 1.807) is 25.5 Å². The summed E-state index contributed by atoms with van der Waals surface area (Å²) in [5.41, 5.74) is 2.38. The predicted octanol–water partition coefficient (Wildman–Crippen LogP) is 3.08. The lowest BCUT2D eigenvalue weighted by Gasteiger charge is -2.11. The lowest BCUT2D eigenvalue weighted by atomic mass is 10.1. The molecule has 0 radical (unpaired) electrons. The Morgan fingerprint density at radius 3 is 2.39 bits per heavy atom. The Morgan fingerprint density at radius 1 is 1.17 bits per heavy atom. The quantitative estimate of drug-likeness (QED) is 0.407. The summed E-state index contributed by atoms with van der Waals surface area (Å²) in [6.07, 6.45) is 1.89. The molecular formula is C16H23IN4OS. The van der Waals surface area contributed by atoms with Gasteiger partial charge in [-0.25, -0.2) is 4.98 Å². The summed E-state index contributed by atoms with van der Waals surface area (Å²) < 4.78 is 5.11. The van der Waals surface area contributed by atoms with Gasteiger partial charge in [0, 0.05) is 31.8 Å². The van der Waals surface area contributed by atoms with Crippen LogP contribution in [0.15, 0.2) is 35.5 Å². The van der Waals surface area contributed by atoms with Crippen LogP contribution in [0.5, 0.6) is 0 Å². The monoisotopic (exact) mass is 446 g/mol. The maximum Gasteiger partial charge on any atom is 0.191 e. The molecule has 0 aliphatic rings. The number of nitrogens with zero attached hydrogens (tertiary/aromatic N) is 2. The van der Waals surface area contributed by atoms with Crippen molar-refractivity contribution in [1.29, 1.82) is 0 Å². The van der Waals surface area contributed by atoms with E-state index in [-0.39, 0.29) is 24.0 Å². The molecule has 7 heteroatoms. The Bertz CT molecular complexity index is 613. The molecule has 23 heavy (non-hydrogen) atoms. The van der Waals surface area contributed by atoms with Crippen LogP contribution in [-0.2, 0) is 24.4 Å². The summed E-state index contributed by atoms with van der Waals surface area (Å²) in [4.78, 5) is 9.77. The third kappa shape index (κ3) is 6.84. The van der Waals surface area contributed by atoms with Gasteiger partial charge in [0.25, 0.3) is 0 Å². The van der Waals surface area contributed by atoms with Crippen LogP contribution < -0.4 is 10.6 Å². The largest absolute Gasteiger partial charge is 0.380 e. The summed E-state index contributed by atoms with van der Waals surface area (Å²) in [5, 5.41) is 7.63. The first-order chi connectivity index (χ1) is 10.7. The van der Waals surface area contributed by atoms with Crippen LogP contribution in [-0.4, -0.2) is 25.1 Å². The van der Waals surface area contributed by atoms with Crippen molar-refractivity contribution in [2.75, 3.05) is 14.2 Å². The molecule has 0 aliphatic carbocycles. The number of hydrogen-bond donors (Lipinski definition) is 2. The van der Waals surface area contributed by atoms with Gasteiger partial charge < -0.3 is 15.4 Å². The van der Waals surface area contributed by atoms with Crippen LogP contribution in [0, 0.1) is 6.92 Å². The predicted molar refractivity (Wildman–Crippen MR) is 106 cm³/mol. The molecular weight excluding hydrogens is 423 g/mol. The molecule has 1 aromatic carbocycles. The normalized spacial score (nSPS) is 11.0. The summed E-state index contributed by atoms with van der Waals surface area (Å²) in [7, 11) is 3.47. The zero-order valence-electron chi connectivity index (χ0n) is 13.6. The van der Waals surface area contributed by atoms with Crippen LogP contribution in [0.2, 0.25) is 0 Å². The Labute approximate surface area is 158 Å². The third-order valence-electron chi connectivity index (χ3n) is 3.09. The number of benzene rings is 1. The molecule has 1 aromatic heterocycles. The molecule has 0 aliphatic heterocycles. The molecule has 2 rings (SSSR count).